The van der Waals surface area contributed by atoms with E-state index in [1.54, 1.807) is 35.3 Å². The van der Waals surface area contributed by atoms with Crippen LogP contribution in [0.25, 0.3) is 17.0 Å². The molecule has 1 aromatic carbocycles. The van der Waals surface area contributed by atoms with E-state index in [9.17, 15) is 19.2 Å². The second-order valence-corrected chi connectivity index (χ2v) is 10.2. The molecular formula is C31H38FN7O3. The molecule has 1 atom stereocenters. The second-order valence-electron chi connectivity index (χ2n) is 10.2. The van der Waals surface area contributed by atoms with Gasteiger partial charge in [-0.1, -0.05) is 30.4 Å². The first-order valence-electron chi connectivity index (χ1n) is 14.0. The lowest BCUT2D eigenvalue weighted by molar-refractivity contribution is 0.0562. The van der Waals surface area contributed by atoms with Gasteiger partial charge >= 0.3 is 0 Å². The summed E-state index contributed by atoms with van der Waals surface area (Å²) in [5.74, 6) is -0.278. The van der Waals surface area contributed by atoms with Gasteiger partial charge in [0.2, 0.25) is 0 Å². The Labute approximate surface area is 245 Å². The molecule has 1 N–H and O–H groups in total. The molecule has 0 saturated heterocycles. The molecular weight excluding hydrogens is 537 g/mol. The number of aldehydes is 1. The first kappa shape index (κ1) is 32.3. The minimum Gasteiger partial charge on any atom is -0.367 e. The fourth-order valence-corrected chi connectivity index (χ4v) is 4.23. The van der Waals surface area contributed by atoms with Gasteiger partial charge in [0.05, 0.1) is 17.6 Å². The van der Waals surface area contributed by atoms with E-state index >= 15 is 0 Å². The number of carbonyl (C=O) groups excluding carboxylic acids is 1. The summed E-state index contributed by atoms with van der Waals surface area (Å²) in [5.41, 5.74) is 2.34. The van der Waals surface area contributed by atoms with Crippen LogP contribution in [0.1, 0.15) is 62.7 Å². The number of aliphatic imine (C=N–C) groups is 2. The van der Waals surface area contributed by atoms with Crippen LogP contribution in [0.3, 0.4) is 0 Å². The predicted molar refractivity (Wildman–Crippen MR) is 165 cm³/mol. The van der Waals surface area contributed by atoms with E-state index in [1.165, 1.54) is 19.1 Å². The highest BCUT2D eigenvalue weighted by atomic mass is 19.1. The number of halogens is 1. The van der Waals surface area contributed by atoms with Crippen molar-refractivity contribution >= 4 is 29.6 Å². The highest BCUT2D eigenvalue weighted by Gasteiger charge is 2.20. The fraction of sp³-hybridized carbons (Fsp3) is 0.387. The van der Waals surface area contributed by atoms with Crippen molar-refractivity contribution < 1.29 is 14.3 Å². The summed E-state index contributed by atoms with van der Waals surface area (Å²) in [5, 5.41) is 21.3. The van der Waals surface area contributed by atoms with Crippen LogP contribution in [0.5, 0.6) is 0 Å². The third-order valence-corrected chi connectivity index (χ3v) is 6.47. The number of carbonyl (C=O) groups is 1. The molecule has 0 fully saturated rings. The van der Waals surface area contributed by atoms with Crippen molar-refractivity contribution in [2.75, 3.05) is 20.1 Å². The molecule has 11 heteroatoms. The third-order valence-electron chi connectivity index (χ3n) is 6.47. The largest absolute Gasteiger partial charge is 0.367 e. The van der Waals surface area contributed by atoms with E-state index in [-0.39, 0.29) is 12.2 Å². The molecule has 0 radical (unpaired) electrons. The lowest BCUT2D eigenvalue weighted by Crippen LogP contribution is -2.26. The Morgan fingerprint density at radius 3 is 2.90 bits per heavy atom. The number of allylic oxidation sites excluding steroid dienone is 6. The molecule has 1 aliphatic heterocycles. The average Bonchev–Trinajstić information content (AvgIpc) is 3.30. The molecule has 0 bridgehead atoms. The normalized spacial score (nSPS) is 15.6. The maximum Gasteiger partial charge on any atom is 0.194 e. The maximum atomic E-state index is 13.7. The molecule has 1 aliphatic rings. The first-order valence-corrected chi connectivity index (χ1v) is 14.0. The zero-order valence-corrected chi connectivity index (χ0v) is 24.4. The minimum absolute atomic E-state index is 0.230. The Morgan fingerprint density at radius 2 is 2.14 bits per heavy atom. The third kappa shape index (κ3) is 10.3. The number of unbranched alkanes of at least 4 members (excludes halogenated alkanes) is 1. The Bertz CT molecular complexity index is 1400. The number of hydrogen-bond acceptors (Lipinski definition) is 9. The molecule has 2 aromatic rings. The molecule has 0 amide bonds. The molecule has 0 saturated carbocycles. The highest BCUT2D eigenvalue weighted by molar-refractivity contribution is 5.93. The number of nitrogens with zero attached hydrogens (tertiary/aromatic N) is 7. The number of benzene rings is 1. The zero-order valence-electron chi connectivity index (χ0n) is 24.4. The van der Waals surface area contributed by atoms with Gasteiger partial charge in [0.25, 0.3) is 0 Å². The number of nitroso groups, excluding NO2 is 1. The van der Waals surface area contributed by atoms with Crippen molar-refractivity contribution in [2.24, 2.45) is 15.2 Å². The summed E-state index contributed by atoms with van der Waals surface area (Å²) >= 11 is 0. The minimum atomic E-state index is -1.61. The fourth-order valence-electron chi connectivity index (χ4n) is 4.23. The van der Waals surface area contributed by atoms with Gasteiger partial charge < -0.3 is 5.11 Å². The van der Waals surface area contributed by atoms with Gasteiger partial charge in [-0.2, -0.15) is 0 Å². The molecule has 0 spiro atoms. The van der Waals surface area contributed by atoms with Crippen molar-refractivity contribution in [1.82, 2.24) is 19.9 Å². The Kier molecular flexibility index (Phi) is 12.5. The lowest BCUT2D eigenvalue weighted by Gasteiger charge is -2.18. The van der Waals surface area contributed by atoms with Gasteiger partial charge in [0.15, 0.2) is 12.0 Å². The summed E-state index contributed by atoms with van der Waals surface area (Å²) in [6.45, 7) is 4.22. The Balaban J connectivity index is 1.85. The van der Waals surface area contributed by atoms with E-state index < -0.39 is 5.72 Å². The summed E-state index contributed by atoms with van der Waals surface area (Å²) in [6, 6.07) is 5.32. The van der Waals surface area contributed by atoms with Crippen molar-refractivity contribution in [3.8, 4) is 11.3 Å². The summed E-state index contributed by atoms with van der Waals surface area (Å²) in [7, 11) is 1.90. The molecule has 1 aromatic heterocycles. The smallest absolute Gasteiger partial charge is 0.194 e. The quantitative estimate of drug-likeness (QED) is 0.0807. The van der Waals surface area contributed by atoms with E-state index in [4.69, 9.17) is 4.99 Å². The molecule has 222 valence electrons. The average molecular weight is 576 g/mol. The molecule has 3 rings (SSSR count). The summed E-state index contributed by atoms with van der Waals surface area (Å²) in [6.07, 6.45) is 17.9. The van der Waals surface area contributed by atoms with Crippen LogP contribution >= 0.6 is 0 Å². The molecule has 1 unspecified atom stereocenters. The van der Waals surface area contributed by atoms with Crippen LogP contribution in [0.4, 0.5) is 10.1 Å². The van der Waals surface area contributed by atoms with Crippen molar-refractivity contribution in [1.29, 1.82) is 0 Å². The van der Waals surface area contributed by atoms with Crippen LogP contribution < -0.4 is 0 Å². The van der Waals surface area contributed by atoms with Crippen LogP contribution in [-0.2, 0) is 0 Å². The summed E-state index contributed by atoms with van der Waals surface area (Å²) in [4.78, 5) is 33.8. The Hall–Kier alpha value is -4.22. The van der Waals surface area contributed by atoms with Gasteiger partial charge in [-0.25, -0.2) is 9.07 Å². The number of likely N-dealkylation sites (N-methyl/N-ethyl adjacent to an activating group) is 1. The molecule has 42 heavy (non-hydrogen) atoms. The monoisotopic (exact) mass is 575 g/mol. The van der Waals surface area contributed by atoms with Gasteiger partial charge in [0, 0.05) is 48.8 Å². The second kappa shape index (κ2) is 16.3. The number of aliphatic hydroxyl groups is 1. The number of hydrogen-bond donors (Lipinski definition) is 1. The van der Waals surface area contributed by atoms with E-state index in [1.807, 2.05) is 43.3 Å². The molecule has 10 nitrogen and oxygen atoms in total. The van der Waals surface area contributed by atoms with Crippen LogP contribution in [0.2, 0.25) is 0 Å². The predicted octanol–water partition coefficient (Wildman–Crippen LogP) is 6.45. The van der Waals surface area contributed by atoms with E-state index in [2.05, 4.69) is 20.5 Å². The van der Waals surface area contributed by atoms with Crippen LogP contribution in [0.15, 0.2) is 82.0 Å². The van der Waals surface area contributed by atoms with Crippen molar-refractivity contribution in [2.45, 2.75) is 58.1 Å². The van der Waals surface area contributed by atoms with Crippen LogP contribution in [0, 0.1) is 4.91 Å². The highest BCUT2D eigenvalue weighted by Crippen LogP contribution is 2.27. The number of aromatic nitrogens is 3. The zero-order chi connectivity index (χ0) is 30.4. The molecule has 0 aliphatic carbocycles. The van der Waals surface area contributed by atoms with Crippen molar-refractivity contribution in [3.05, 3.63) is 77.3 Å². The van der Waals surface area contributed by atoms with Gasteiger partial charge in [-0.3, -0.25) is 19.7 Å². The van der Waals surface area contributed by atoms with Gasteiger partial charge in [-0.15, -0.1) is 10.0 Å². The first-order chi connectivity index (χ1) is 20.2. The van der Waals surface area contributed by atoms with Crippen molar-refractivity contribution in [3.63, 3.8) is 0 Å². The van der Waals surface area contributed by atoms with E-state index in [0.717, 1.165) is 23.3 Å². The van der Waals surface area contributed by atoms with E-state index in [0.29, 0.717) is 62.1 Å². The van der Waals surface area contributed by atoms with Crippen LogP contribution in [-0.4, -0.2) is 69.1 Å². The van der Waals surface area contributed by atoms with Gasteiger partial charge in [0.1, 0.15) is 11.5 Å². The van der Waals surface area contributed by atoms with Gasteiger partial charge in [-0.05, 0) is 81.6 Å². The summed E-state index contributed by atoms with van der Waals surface area (Å²) < 4.78 is 15.4. The molecule has 2 heterocycles. The number of rotatable bonds is 16. The standard InChI is InChI=1S/C31H38FN7O3/c1-4-9-26(32)10-8-19-38(3)21-27(11-5-6-16-31(2,41)36-42)34-29-20-24(13-14-25(29)23-40)30-22-39(37-35-30)28-12-7-17-33-18-15-28/h8-10,12-15,17-18,20,22-23,41H,4-7,11,16,19,21H2,1-3H3/b10-8-,26-9+,34-27?. The lowest BCUT2D eigenvalue weighted by atomic mass is 10.0. The Morgan fingerprint density at radius 1 is 1.31 bits per heavy atom. The maximum absolute atomic E-state index is 13.7. The topological polar surface area (TPSA) is 125 Å². The SMILES string of the molecule is CC/C=C(F)\C=C/CN(C)CC(CCCCC(C)(O)N=O)=Nc1cc(-c2cn(C3=CCC=NC=C3)nn2)ccc1C=O.